The van der Waals surface area contributed by atoms with Crippen molar-refractivity contribution in [1.29, 1.82) is 0 Å². The van der Waals surface area contributed by atoms with Crippen molar-refractivity contribution in [2.75, 3.05) is 24.5 Å². The SMILES string of the molecule is O=C(Cc1ccc(-c2ccccc2)cc1)NCC1CCN(c2nc3ccccc3o2)CC1. The Labute approximate surface area is 188 Å². The van der Waals surface area contributed by atoms with E-state index in [0.29, 0.717) is 18.4 Å². The Balaban J connectivity index is 1.08. The number of para-hydroxylation sites is 2. The van der Waals surface area contributed by atoms with Crippen LogP contribution in [0.4, 0.5) is 6.01 Å². The van der Waals surface area contributed by atoms with Crippen LogP contribution in [0, 0.1) is 5.92 Å². The Bertz CT molecular complexity index is 1140. The van der Waals surface area contributed by atoms with Crippen molar-refractivity contribution in [1.82, 2.24) is 10.3 Å². The van der Waals surface area contributed by atoms with E-state index in [9.17, 15) is 4.79 Å². The van der Waals surface area contributed by atoms with Crippen LogP contribution in [0.5, 0.6) is 0 Å². The van der Waals surface area contributed by atoms with Crippen LogP contribution in [0.25, 0.3) is 22.2 Å². The van der Waals surface area contributed by atoms with Crippen LogP contribution in [0.15, 0.2) is 83.3 Å². The quantitative estimate of drug-likeness (QED) is 0.469. The molecular weight excluding hydrogens is 398 g/mol. The van der Waals surface area contributed by atoms with Gasteiger partial charge in [-0.05, 0) is 47.6 Å². The lowest BCUT2D eigenvalue weighted by Gasteiger charge is -2.30. The topological polar surface area (TPSA) is 58.4 Å². The largest absolute Gasteiger partial charge is 0.423 e. The van der Waals surface area contributed by atoms with Gasteiger partial charge in [0.1, 0.15) is 5.52 Å². The first-order chi connectivity index (χ1) is 15.7. The van der Waals surface area contributed by atoms with Crippen LogP contribution in [0.2, 0.25) is 0 Å². The number of oxazole rings is 1. The Hall–Kier alpha value is -3.60. The number of nitrogens with one attached hydrogen (secondary N) is 1. The number of anilines is 1. The van der Waals surface area contributed by atoms with Gasteiger partial charge in [0.05, 0.1) is 6.42 Å². The predicted molar refractivity (Wildman–Crippen MR) is 128 cm³/mol. The van der Waals surface area contributed by atoms with Crippen molar-refractivity contribution in [3.05, 3.63) is 84.4 Å². The summed E-state index contributed by atoms with van der Waals surface area (Å²) < 4.78 is 5.89. The zero-order chi connectivity index (χ0) is 21.8. The van der Waals surface area contributed by atoms with E-state index in [1.165, 1.54) is 11.1 Å². The van der Waals surface area contributed by atoms with Gasteiger partial charge in [0.25, 0.3) is 6.01 Å². The van der Waals surface area contributed by atoms with Crippen molar-refractivity contribution in [3.8, 4) is 11.1 Å². The maximum Gasteiger partial charge on any atom is 0.298 e. The Morgan fingerprint density at radius 2 is 1.59 bits per heavy atom. The molecule has 0 bridgehead atoms. The Morgan fingerprint density at radius 3 is 2.34 bits per heavy atom. The third kappa shape index (κ3) is 4.67. The molecule has 5 nitrogen and oxygen atoms in total. The van der Waals surface area contributed by atoms with Gasteiger partial charge in [-0.2, -0.15) is 4.98 Å². The number of fused-ring (bicyclic) bond motifs is 1. The second-order valence-electron chi connectivity index (χ2n) is 8.44. The molecule has 1 saturated heterocycles. The number of nitrogens with zero attached hydrogens (tertiary/aromatic N) is 2. The minimum absolute atomic E-state index is 0.0823. The molecule has 1 fully saturated rings. The lowest BCUT2D eigenvalue weighted by Crippen LogP contribution is -2.39. The van der Waals surface area contributed by atoms with Gasteiger partial charge in [0.15, 0.2) is 5.58 Å². The maximum atomic E-state index is 12.4. The standard InChI is InChI=1S/C27H27N3O2/c31-26(18-20-10-12-23(13-11-20)22-6-2-1-3-7-22)28-19-21-14-16-30(17-15-21)27-29-24-8-4-5-9-25(24)32-27/h1-13,21H,14-19H2,(H,28,31). The van der Waals surface area contributed by atoms with Crippen LogP contribution in [-0.2, 0) is 11.2 Å². The summed E-state index contributed by atoms with van der Waals surface area (Å²) in [6.07, 6.45) is 2.45. The van der Waals surface area contributed by atoms with Crippen molar-refractivity contribution < 1.29 is 9.21 Å². The Kier molecular flexibility index (Phi) is 5.88. The van der Waals surface area contributed by atoms with Crippen LogP contribution in [-0.4, -0.2) is 30.5 Å². The zero-order valence-electron chi connectivity index (χ0n) is 18.0. The summed E-state index contributed by atoms with van der Waals surface area (Å²) in [5, 5.41) is 3.13. The van der Waals surface area contributed by atoms with E-state index in [0.717, 1.165) is 49.1 Å². The summed E-state index contributed by atoms with van der Waals surface area (Å²) in [6, 6.07) is 27.1. The fraction of sp³-hybridized carbons (Fsp3) is 0.259. The number of carbonyl (C=O) groups is 1. The van der Waals surface area contributed by atoms with Gasteiger partial charge >= 0.3 is 0 Å². The number of aromatic nitrogens is 1. The van der Waals surface area contributed by atoms with E-state index in [4.69, 9.17) is 4.42 Å². The van der Waals surface area contributed by atoms with Gasteiger partial charge in [-0.3, -0.25) is 4.79 Å². The molecule has 0 saturated carbocycles. The van der Waals surface area contributed by atoms with Gasteiger partial charge in [0, 0.05) is 19.6 Å². The molecule has 0 atom stereocenters. The number of piperidine rings is 1. The Morgan fingerprint density at radius 1 is 0.906 bits per heavy atom. The summed E-state index contributed by atoms with van der Waals surface area (Å²) in [6.45, 7) is 2.52. The number of hydrogen-bond donors (Lipinski definition) is 1. The van der Waals surface area contributed by atoms with Crippen LogP contribution in [0.1, 0.15) is 18.4 Å². The van der Waals surface area contributed by atoms with E-state index in [-0.39, 0.29) is 5.91 Å². The van der Waals surface area contributed by atoms with E-state index < -0.39 is 0 Å². The molecule has 1 aromatic heterocycles. The maximum absolute atomic E-state index is 12.4. The number of hydrogen-bond acceptors (Lipinski definition) is 4. The number of amides is 1. The van der Waals surface area contributed by atoms with Gasteiger partial charge in [-0.1, -0.05) is 66.7 Å². The summed E-state index contributed by atoms with van der Waals surface area (Å²) in [7, 11) is 0. The summed E-state index contributed by atoms with van der Waals surface area (Å²) in [5.74, 6) is 0.568. The van der Waals surface area contributed by atoms with Gasteiger partial charge in [-0.15, -0.1) is 0 Å². The van der Waals surface area contributed by atoms with E-state index in [1.807, 2.05) is 54.6 Å². The molecule has 4 aromatic rings. The fourth-order valence-corrected chi connectivity index (χ4v) is 4.28. The first kappa shape index (κ1) is 20.3. The van der Waals surface area contributed by atoms with Crippen molar-refractivity contribution >= 4 is 23.0 Å². The molecule has 0 spiro atoms. The third-order valence-electron chi connectivity index (χ3n) is 6.18. The highest BCUT2D eigenvalue weighted by atomic mass is 16.4. The summed E-state index contributed by atoms with van der Waals surface area (Å²) in [5.41, 5.74) is 5.11. The highest BCUT2D eigenvalue weighted by Crippen LogP contribution is 2.26. The summed E-state index contributed by atoms with van der Waals surface area (Å²) in [4.78, 5) is 19.2. The molecule has 1 N–H and O–H groups in total. The van der Waals surface area contributed by atoms with Crippen LogP contribution < -0.4 is 10.2 Å². The van der Waals surface area contributed by atoms with Crippen LogP contribution in [0.3, 0.4) is 0 Å². The number of rotatable bonds is 6. The van der Waals surface area contributed by atoms with E-state index >= 15 is 0 Å². The second kappa shape index (κ2) is 9.27. The van der Waals surface area contributed by atoms with Crippen molar-refractivity contribution in [2.24, 2.45) is 5.92 Å². The first-order valence-corrected chi connectivity index (χ1v) is 11.3. The normalized spacial score (nSPS) is 14.6. The second-order valence-corrected chi connectivity index (χ2v) is 8.44. The monoisotopic (exact) mass is 425 g/mol. The lowest BCUT2D eigenvalue weighted by molar-refractivity contribution is -0.120. The smallest absolute Gasteiger partial charge is 0.298 e. The average Bonchev–Trinajstić information content (AvgIpc) is 3.28. The molecule has 32 heavy (non-hydrogen) atoms. The minimum atomic E-state index is 0.0823. The molecule has 0 unspecified atom stereocenters. The first-order valence-electron chi connectivity index (χ1n) is 11.3. The zero-order valence-corrected chi connectivity index (χ0v) is 18.0. The molecule has 5 rings (SSSR count). The van der Waals surface area contributed by atoms with Crippen molar-refractivity contribution in [2.45, 2.75) is 19.3 Å². The molecular formula is C27H27N3O2. The molecule has 0 aliphatic carbocycles. The number of benzene rings is 3. The average molecular weight is 426 g/mol. The molecule has 1 aliphatic rings. The number of carbonyl (C=O) groups excluding carboxylic acids is 1. The van der Waals surface area contributed by atoms with Gasteiger partial charge < -0.3 is 14.6 Å². The summed E-state index contributed by atoms with van der Waals surface area (Å²) >= 11 is 0. The fourth-order valence-electron chi connectivity index (χ4n) is 4.28. The molecule has 1 amide bonds. The molecule has 5 heteroatoms. The van der Waals surface area contributed by atoms with E-state index in [2.05, 4.69) is 39.5 Å². The highest BCUT2D eigenvalue weighted by Gasteiger charge is 2.23. The molecule has 162 valence electrons. The minimum Gasteiger partial charge on any atom is -0.423 e. The van der Waals surface area contributed by atoms with Gasteiger partial charge in [0.2, 0.25) is 5.91 Å². The molecule has 1 aliphatic heterocycles. The molecule has 0 radical (unpaired) electrons. The predicted octanol–water partition coefficient (Wildman–Crippen LogP) is 5.07. The lowest BCUT2D eigenvalue weighted by atomic mass is 9.97. The van der Waals surface area contributed by atoms with E-state index in [1.54, 1.807) is 0 Å². The van der Waals surface area contributed by atoms with Crippen molar-refractivity contribution in [3.63, 3.8) is 0 Å². The molecule has 2 heterocycles. The third-order valence-corrected chi connectivity index (χ3v) is 6.18. The van der Waals surface area contributed by atoms with Gasteiger partial charge in [-0.25, -0.2) is 0 Å². The van der Waals surface area contributed by atoms with Crippen LogP contribution >= 0.6 is 0 Å². The molecule has 3 aromatic carbocycles. The highest BCUT2D eigenvalue weighted by molar-refractivity contribution is 5.79.